The van der Waals surface area contributed by atoms with Crippen molar-refractivity contribution in [3.8, 4) is 11.6 Å². The maximum absolute atomic E-state index is 11.8. The standard InChI is InChI=1S/C18H19ClN6O2/c1-13-6-9-25(24-13)17-10-16(22-12-23-17)20-7-8-21-18(26)11-27-15-4-2-14(19)3-5-15/h2-6,9-10,12H,7-8,11H2,1H3,(H,21,26)(H,20,22,23). The zero-order valence-corrected chi connectivity index (χ0v) is 15.5. The molecule has 0 unspecified atom stereocenters. The van der Waals surface area contributed by atoms with Crippen molar-refractivity contribution in [2.75, 3.05) is 25.0 Å². The average Bonchev–Trinajstić information content (AvgIpc) is 3.11. The Labute approximate surface area is 161 Å². The molecule has 140 valence electrons. The van der Waals surface area contributed by atoms with E-state index in [1.165, 1.54) is 6.33 Å². The van der Waals surface area contributed by atoms with Gasteiger partial charge in [0.05, 0.1) is 5.69 Å². The first-order valence-corrected chi connectivity index (χ1v) is 8.71. The first kappa shape index (κ1) is 18.7. The molecule has 0 aliphatic rings. The summed E-state index contributed by atoms with van der Waals surface area (Å²) in [5, 5.41) is 10.8. The van der Waals surface area contributed by atoms with Crippen LogP contribution >= 0.6 is 11.6 Å². The monoisotopic (exact) mass is 386 g/mol. The average molecular weight is 387 g/mol. The molecule has 0 aliphatic carbocycles. The summed E-state index contributed by atoms with van der Waals surface area (Å²) < 4.78 is 7.06. The second-order valence-electron chi connectivity index (χ2n) is 5.68. The highest BCUT2D eigenvalue weighted by atomic mass is 35.5. The van der Waals surface area contributed by atoms with Crippen molar-refractivity contribution in [3.05, 3.63) is 59.6 Å². The molecule has 0 atom stereocenters. The summed E-state index contributed by atoms with van der Waals surface area (Å²) in [6.45, 7) is 2.80. The Balaban J connectivity index is 1.39. The molecule has 0 saturated carbocycles. The van der Waals surface area contributed by atoms with Gasteiger partial charge >= 0.3 is 0 Å². The molecular weight excluding hydrogens is 368 g/mol. The largest absolute Gasteiger partial charge is 0.484 e. The number of hydrogen-bond donors (Lipinski definition) is 2. The molecular formula is C18H19ClN6O2. The van der Waals surface area contributed by atoms with Crippen molar-refractivity contribution in [1.29, 1.82) is 0 Å². The van der Waals surface area contributed by atoms with Crippen LogP contribution in [-0.2, 0) is 4.79 Å². The van der Waals surface area contributed by atoms with E-state index in [-0.39, 0.29) is 12.5 Å². The molecule has 0 aliphatic heterocycles. The molecule has 3 aromatic rings. The number of aromatic nitrogens is 4. The molecule has 0 saturated heterocycles. The second kappa shape index (κ2) is 9.00. The Bertz CT molecular complexity index is 897. The van der Waals surface area contributed by atoms with Crippen LogP contribution in [0.4, 0.5) is 5.82 Å². The predicted molar refractivity (Wildman–Crippen MR) is 102 cm³/mol. The summed E-state index contributed by atoms with van der Waals surface area (Å²) in [5.74, 6) is 1.71. The molecule has 0 fully saturated rings. The normalized spacial score (nSPS) is 10.4. The Morgan fingerprint density at radius 2 is 2.00 bits per heavy atom. The molecule has 2 heterocycles. The van der Waals surface area contributed by atoms with Gasteiger partial charge in [-0.05, 0) is 37.3 Å². The molecule has 2 N–H and O–H groups in total. The molecule has 1 amide bonds. The fraction of sp³-hybridized carbons (Fsp3) is 0.222. The summed E-state index contributed by atoms with van der Waals surface area (Å²) in [7, 11) is 0. The Kier molecular flexibility index (Phi) is 6.22. The molecule has 0 spiro atoms. The highest BCUT2D eigenvalue weighted by molar-refractivity contribution is 6.30. The minimum atomic E-state index is -0.206. The number of halogens is 1. The number of nitrogens with zero attached hydrogens (tertiary/aromatic N) is 4. The lowest BCUT2D eigenvalue weighted by atomic mass is 10.3. The van der Waals surface area contributed by atoms with E-state index in [1.807, 2.05) is 19.2 Å². The smallest absolute Gasteiger partial charge is 0.258 e. The van der Waals surface area contributed by atoms with Crippen LogP contribution in [-0.4, -0.2) is 45.4 Å². The number of carbonyl (C=O) groups is 1. The second-order valence-corrected chi connectivity index (χ2v) is 6.12. The van der Waals surface area contributed by atoms with Gasteiger partial charge in [-0.15, -0.1) is 0 Å². The zero-order chi connectivity index (χ0) is 19.1. The van der Waals surface area contributed by atoms with Gasteiger partial charge in [0, 0.05) is 30.4 Å². The van der Waals surface area contributed by atoms with Crippen LogP contribution in [0, 0.1) is 6.92 Å². The summed E-state index contributed by atoms with van der Waals surface area (Å²) in [6.07, 6.45) is 3.30. The number of nitrogens with one attached hydrogen (secondary N) is 2. The van der Waals surface area contributed by atoms with Crippen LogP contribution in [0.3, 0.4) is 0 Å². The molecule has 9 heteroatoms. The SMILES string of the molecule is Cc1ccn(-c2cc(NCCNC(=O)COc3ccc(Cl)cc3)ncn2)n1. The maximum Gasteiger partial charge on any atom is 0.258 e. The first-order valence-electron chi connectivity index (χ1n) is 8.34. The molecule has 0 radical (unpaired) electrons. The minimum Gasteiger partial charge on any atom is -0.484 e. The van der Waals surface area contributed by atoms with E-state index in [0.717, 1.165) is 5.69 Å². The van der Waals surface area contributed by atoms with Crippen molar-refractivity contribution in [3.63, 3.8) is 0 Å². The van der Waals surface area contributed by atoms with Gasteiger partial charge in [0.15, 0.2) is 12.4 Å². The van der Waals surface area contributed by atoms with E-state index in [1.54, 1.807) is 35.0 Å². The fourth-order valence-corrected chi connectivity index (χ4v) is 2.36. The van der Waals surface area contributed by atoms with Crippen molar-refractivity contribution in [2.45, 2.75) is 6.92 Å². The topological polar surface area (TPSA) is 94.0 Å². The van der Waals surface area contributed by atoms with E-state index in [9.17, 15) is 4.79 Å². The van der Waals surface area contributed by atoms with Crippen LogP contribution in [0.2, 0.25) is 5.02 Å². The van der Waals surface area contributed by atoms with E-state index in [2.05, 4.69) is 25.7 Å². The maximum atomic E-state index is 11.8. The lowest BCUT2D eigenvalue weighted by Crippen LogP contribution is -2.32. The highest BCUT2D eigenvalue weighted by Crippen LogP contribution is 2.15. The Hall–Kier alpha value is -3.13. The van der Waals surface area contributed by atoms with Gasteiger partial charge < -0.3 is 15.4 Å². The van der Waals surface area contributed by atoms with Crippen molar-refractivity contribution >= 4 is 23.3 Å². The third kappa shape index (κ3) is 5.68. The summed E-state index contributed by atoms with van der Waals surface area (Å²) in [6, 6.07) is 10.5. The van der Waals surface area contributed by atoms with Crippen LogP contribution < -0.4 is 15.4 Å². The fourth-order valence-electron chi connectivity index (χ4n) is 2.23. The van der Waals surface area contributed by atoms with E-state index >= 15 is 0 Å². The van der Waals surface area contributed by atoms with Gasteiger partial charge in [-0.1, -0.05) is 11.6 Å². The molecule has 8 nitrogen and oxygen atoms in total. The minimum absolute atomic E-state index is 0.0576. The zero-order valence-electron chi connectivity index (χ0n) is 14.7. The van der Waals surface area contributed by atoms with Gasteiger partial charge in [-0.3, -0.25) is 4.79 Å². The van der Waals surface area contributed by atoms with Crippen LogP contribution in [0.25, 0.3) is 5.82 Å². The number of carbonyl (C=O) groups excluding carboxylic acids is 1. The lowest BCUT2D eigenvalue weighted by molar-refractivity contribution is -0.123. The molecule has 27 heavy (non-hydrogen) atoms. The third-order valence-electron chi connectivity index (χ3n) is 3.55. The first-order chi connectivity index (χ1) is 13.1. The number of benzene rings is 1. The predicted octanol–water partition coefficient (Wildman–Crippen LogP) is 2.23. The van der Waals surface area contributed by atoms with Gasteiger partial charge in [0.2, 0.25) is 0 Å². The summed E-state index contributed by atoms with van der Waals surface area (Å²) in [5.41, 5.74) is 0.909. The van der Waals surface area contributed by atoms with Crippen LogP contribution in [0.5, 0.6) is 5.75 Å². The molecule has 1 aromatic carbocycles. The van der Waals surface area contributed by atoms with Crippen molar-refractivity contribution in [2.24, 2.45) is 0 Å². The number of rotatable bonds is 8. The highest BCUT2D eigenvalue weighted by Gasteiger charge is 2.04. The van der Waals surface area contributed by atoms with Gasteiger partial charge in [-0.25, -0.2) is 14.6 Å². The van der Waals surface area contributed by atoms with E-state index in [0.29, 0.717) is 35.5 Å². The van der Waals surface area contributed by atoms with Crippen LogP contribution in [0.1, 0.15) is 5.69 Å². The summed E-state index contributed by atoms with van der Waals surface area (Å²) in [4.78, 5) is 20.2. The van der Waals surface area contributed by atoms with Crippen molar-refractivity contribution < 1.29 is 9.53 Å². The number of hydrogen-bond acceptors (Lipinski definition) is 6. The van der Waals surface area contributed by atoms with Crippen molar-refractivity contribution in [1.82, 2.24) is 25.1 Å². The molecule has 0 bridgehead atoms. The van der Waals surface area contributed by atoms with Gasteiger partial charge in [-0.2, -0.15) is 5.10 Å². The number of ether oxygens (including phenoxy) is 1. The molecule has 3 rings (SSSR count). The van der Waals surface area contributed by atoms with E-state index < -0.39 is 0 Å². The summed E-state index contributed by atoms with van der Waals surface area (Å²) >= 11 is 5.80. The Morgan fingerprint density at radius 1 is 1.19 bits per heavy atom. The number of anilines is 1. The van der Waals surface area contributed by atoms with Gasteiger partial charge in [0.25, 0.3) is 5.91 Å². The van der Waals surface area contributed by atoms with Crippen LogP contribution in [0.15, 0.2) is 48.9 Å². The molecule has 2 aromatic heterocycles. The van der Waals surface area contributed by atoms with E-state index in [4.69, 9.17) is 16.3 Å². The quantitative estimate of drug-likeness (QED) is 0.576. The number of amides is 1. The Morgan fingerprint density at radius 3 is 2.74 bits per heavy atom. The number of aryl methyl sites for hydroxylation is 1. The third-order valence-corrected chi connectivity index (χ3v) is 3.80. The lowest BCUT2D eigenvalue weighted by Gasteiger charge is -2.09. The van der Waals surface area contributed by atoms with Gasteiger partial charge in [0.1, 0.15) is 17.9 Å².